The Labute approximate surface area is 118 Å². The van der Waals surface area contributed by atoms with Crippen LogP contribution < -0.4 is 11.5 Å². The van der Waals surface area contributed by atoms with Gasteiger partial charge in [0.2, 0.25) is 0 Å². The van der Waals surface area contributed by atoms with Gasteiger partial charge in [-0.15, -0.1) is 6.58 Å². The summed E-state index contributed by atoms with van der Waals surface area (Å²) in [5, 5.41) is 0. The smallest absolute Gasteiger partial charge is 0.280 e. The third-order valence-corrected chi connectivity index (χ3v) is 3.89. The molecular formula is C13H17N3O3S. The largest absolute Gasteiger partial charge is 0.370 e. The molecule has 1 aromatic carbocycles. The summed E-state index contributed by atoms with van der Waals surface area (Å²) in [5.41, 5.74) is 10.9. The molecule has 0 saturated carbocycles. The molecule has 0 saturated heterocycles. The summed E-state index contributed by atoms with van der Waals surface area (Å²) in [7, 11) is -3.48. The first-order chi connectivity index (χ1) is 9.16. The van der Waals surface area contributed by atoms with Crippen LogP contribution >= 0.6 is 0 Å². The van der Waals surface area contributed by atoms with Crippen molar-refractivity contribution in [3.05, 3.63) is 42.0 Å². The topological polar surface area (TPSA) is 116 Å². The highest BCUT2D eigenvalue weighted by Crippen LogP contribution is 2.26. The van der Waals surface area contributed by atoms with Crippen molar-refractivity contribution in [1.82, 2.24) is 0 Å². The molecule has 1 amide bonds. The number of aliphatic imine (C=N–C) groups is 1. The number of carbonyl (C=O) groups is 1. The number of sulfone groups is 1. The maximum absolute atomic E-state index is 11.8. The summed E-state index contributed by atoms with van der Waals surface area (Å²) in [6, 6.07) is 4.33. The average Bonchev–Trinajstić information content (AvgIpc) is 2.35. The average molecular weight is 295 g/mol. The second-order valence-electron chi connectivity index (χ2n) is 4.39. The molecule has 0 aliphatic heterocycles. The van der Waals surface area contributed by atoms with Crippen LogP contribution in [0.25, 0.3) is 0 Å². The van der Waals surface area contributed by atoms with Crippen molar-refractivity contribution >= 4 is 21.7 Å². The Morgan fingerprint density at radius 3 is 2.45 bits per heavy atom. The van der Waals surface area contributed by atoms with E-state index in [1.54, 1.807) is 12.1 Å². The first kappa shape index (κ1) is 15.9. The summed E-state index contributed by atoms with van der Waals surface area (Å²) in [5.74, 6) is -1.22. The Morgan fingerprint density at radius 2 is 2.00 bits per heavy atom. The lowest BCUT2D eigenvalue weighted by Gasteiger charge is -2.12. The first-order valence-electron chi connectivity index (χ1n) is 5.77. The van der Waals surface area contributed by atoms with Crippen LogP contribution in [0.5, 0.6) is 0 Å². The van der Waals surface area contributed by atoms with Gasteiger partial charge < -0.3 is 11.5 Å². The number of allylic oxidation sites excluding steroid dienone is 1. The molecule has 0 aliphatic rings. The van der Waals surface area contributed by atoms with Crippen molar-refractivity contribution in [2.75, 3.05) is 6.26 Å². The fraction of sp³-hybridized carbons (Fsp3) is 0.231. The van der Waals surface area contributed by atoms with Gasteiger partial charge in [-0.25, -0.2) is 8.42 Å². The zero-order valence-corrected chi connectivity index (χ0v) is 12.1. The van der Waals surface area contributed by atoms with Gasteiger partial charge in [0, 0.05) is 11.8 Å². The van der Waals surface area contributed by atoms with Crippen LogP contribution in [-0.4, -0.2) is 26.5 Å². The zero-order chi connectivity index (χ0) is 15.5. The Kier molecular flexibility index (Phi) is 4.67. The predicted octanol–water partition coefficient (Wildman–Crippen LogP) is 0.793. The number of nitrogens with zero attached hydrogens (tertiary/aromatic N) is 1. The second-order valence-corrected chi connectivity index (χ2v) is 6.38. The molecule has 0 radical (unpaired) electrons. The lowest BCUT2D eigenvalue weighted by Crippen LogP contribution is -2.24. The van der Waals surface area contributed by atoms with Crippen molar-refractivity contribution in [3.8, 4) is 0 Å². The second kappa shape index (κ2) is 5.87. The quantitative estimate of drug-likeness (QED) is 0.484. The van der Waals surface area contributed by atoms with Crippen molar-refractivity contribution in [3.63, 3.8) is 0 Å². The molecule has 7 heteroatoms. The standard InChI is InChI=1S/C13H17N3O3S/c1-4-8(2)10-6-5-9(12(17)16-13(14)15)7-11(10)20(3,18)19/h4-8H,1H2,2-3H3,(H4,14,15,16,17). The summed E-state index contributed by atoms with van der Waals surface area (Å²) in [6.07, 6.45) is 2.71. The van der Waals surface area contributed by atoms with Crippen LogP contribution in [0.15, 0.2) is 40.7 Å². The van der Waals surface area contributed by atoms with E-state index in [0.29, 0.717) is 5.56 Å². The molecule has 6 nitrogen and oxygen atoms in total. The molecule has 0 spiro atoms. The lowest BCUT2D eigenvalue weighted by atomic mass is 10.00. The number of hydrogen-bond acceptors (Lipinski definition) is 3. The third-order valence-electron chi connectivity index (χ3n) is 2.73. The number of benzene rings is 1. The molecule has 1 atom stereocenters. The number of nitrogens with two attached hydrogens (primary N) is 2. The first-order valence-corrected chi connectivity index (χ1v) is 7.66. The fourth-order valence-corrected chi connectivity index (χ4v) is 2.70. The van der Waals surface area contributed by atoms with Gasteiger partial charge in [-0.3, -0.25) is 4.79 Å². The molecule has 1 unspecified atom stereocenters. The van der Waals surface area contributed by atoms with Gasteiger partial charge in [-0.2, -0.15) is 4.99 Å². The van der Waals surface area contributed by atoms with Crippen LogP contribution in [0.1, 0.15) is 28.8 Å². The normalized spacial score (nSPS) is 12.5. The Bertz CT molecular complexity index is 674. The fourth-order valence-electron chi connectivity index (χ4n) is 1.67. The number of hydrogen-bond donors (Lipinski definition) is 2. The Balaban J connectivity index is 3.47. The highest BCUT2D eigenvalue weighted by Gasteiger charge is 2.19. The van der Waals surface area contributed by atoms with Crippen LogP contribution in [-0.2, 0) is 9.84 Å². The summed E-state index contributed by atoms with van der Waals surface area (Å²) < 4.78 is 23.7. The van der Waals surface area contributed by atoms with Crippen molar-refractivity contribution in [2.45, 2.75) is 17.7 Å². The highest BCUT2D eigenvalue weighted by molar-refractivity contribution is 7.90. The number of carbonyl (C=O) groups excluding carboxylic acids is 1. The van der Waals surface area contributed by atoms with Crippen molar-refractivity contribution < 1.29 is 13.2 Å². The van der Waals surface area contributed by atoms with Crippen LogP contribution in [0.3, 0.4) is 0 Å². The molecule has 1 aromatic rings. The molecule has 0 fully saturated rings. The molecule has 1 rings (SSSR count). The Morgan fingerprint density at radius 1 is 1.40 bits per heavy atom. The molecule has 108 valence electrons. The van der Waals surface area contributed by atoms with E-state index in [1.807, 2.05) is 6.92 Å². The minimum atomic E-state index is -3.48. The van der Waals surface area contributed by atoms with Crippen molar-refractivity contribution in [2.24, 2.45) is 16.5 Å². The van der Waals surface area contributed by atoms with Crippen LogP contribution in [0.4, 0.5) is 0 Å². The molecule has 0 aliphatic carbocycles. The maximum atomic E-state index is 11.8. The molecule has 4 N–H and O–H groups in total. The van der Waals surface area contributed by atoms with E-state index in [4.69, 9.17) is 11.5 Å². The molecule has 0 bridgehead atoms. The van der Waals surface area contributed by atoms with Gasteiger partial charge in [-0.1, -0.05) is 19.1 Å². The van der Waals surface area contributed by atoms with Gasteiger partial charge >= 0.3 is 0 Å². The number of rotatable bonds is 4. The number of amides is 1. The minimum Gasteiger partial charge on any atom is -0.370 e. The van der Waals surface area contributed by atoms with E-state index < -0.39 is 15.7 Å². The van der Waals surface area contributed by atoms with E-state index in [0.717, 1.165) is 6.26 Å². The van der Waals surface area contributed by atoms with Gasteiger partial charge in [0.1, 0.15) is 0 Å². The van der Waals surface area contributed by atoms with Crippen LogP contribution in [0.2, 0.25) is 0 Å². The monoisotopic (exact) mass is 295 g/mol. The van der Waals surface area contributed by atoms with Gasteiger partial charge in [-0.05, 0) is 23.6 Å². The third kappa shape index (κ3) is 3.67. The molecule has 0 heterocycles. The van der Waals surface area contributed by atoms with E-state index in [9.17, 15) is 13.2 Å². The Hall–Kier alpha value is -2.15. The van der Waals surface area contributed by atoms with Crippen LogP contribution in [0, 0.1) is 0 Å². The summed E-state index contributed by atoms with van der Waals surface area (Å²) in [6.45, 7) is 5.45. The van der Waals surface area contributed by atoms with Crippen molar-refractivity contribution in [1.29, 1.82) is 0 Å². The molecular weight excluding hydrogens is 278 g/mol. The lowest BCUT2D eigenvalue weighted by molar-refractivity contribution is 0.100. The van der Waals surface area contributed by atoms with E-state index in [1.165, 1.54) is 12.1 Å². The SMILES string of the molecule is C=CC(C)c1ccc(C(=O)N=C(N)N)cc1S(C)(=O)=O. The molecule has 0 aromatic heterocycles. The zero-order valence-electron chi connectivity index (χ0n) is 11.3. The van der Waals surface area contributed by atoms with E-state index in [2.05, 4.69) is 11.6 Å². The summed E-state index contributed by atoms with van der Waals surface area (Å²) >= 11 is 0. The van der Waals surface area contributed by atoms with Gasteiger partial charge in [0.15, 0.2) is 15.8 Å². The predicted molar refractivity (Wildman–Crippen MR) is 78.3 cm³/mol. The molecule has 20 heavy (non-hydrogen) atoms. The maximum Gasteiger partial charge on any atom is 0.280 e. The van der Waals surface area contributed by atoms with E-state index >= 15 is 0 Å². The minimum absolute atomic E-state index is 0.0709. The van der Waals surface area contributed by atoms with Gasteiger partial charge in [0.05, 0.1) is 4.90 Å². The van der Waals surface area contributed by atoms with Gasteiger partial charge in [0.25, 0.3) is 5.91 Å². The number of guanidine groups is 1. The van der Waals surface area contributed by atoms with E-state index in [-0.39, 0.29) is 22.3 Å². The summed E-state index contributed by atoms with van der Waals surface area (Å²) in [4.78, 5) is 15.2. The highest BCUT2D eigenvalue weighted by atomic mass is 32.2.